The van der Waals surface area contributed by atoms with E-state index < -0.39 is 0 Å². The van der Waals surface area contributed by atoms with Crippen molar-refractivity contribution < 1.29 is 9.13 Å². The quantitative estimate of drug-likeness (QED) is 0.734. The highest BCUT2D eigenvalue weighted by atomic mass is 19.1. The third kappa shape index (κ3) is 2.21. The summed E-state index contributed by atoms with van der Waals surface area (Å²) in [5, 5.41) is 3.13. The smallest absolute Gasteiger partial charge is 0.148 e. The van der Waals surface area contributed by atoms with Gasteiger partial charge in [0.05, 0.1) is 17.8 Å². The zero-order chi connectivity index (χ0) is 10.8. The summed E-state index contributed by atoms with van der Waals surface area (Å²) < 4.78 is 18.8. The van der Waals surface area contributed by atoms with E-state index >= 15 is 0 Å². The van der Waals surface area contributed by atoms with Crippen molar-refractivity contribution in [2.24, 2.45) is 0 Å². The van der Waals surface area contributed by atoms with Crippen LogP contribution in [0, 0.1) is 5.82 Å². The first-order valence-electron chi connectivity index (χ1n) is 5.10. The van der Waals surface area contributed by atoms with Crippen LogP contribution in [-0.4, -0.2) is 18.8 Å². The number of hydrogen-bond acceptors (Lipinski definition) is 3. The van der Waals surface area contributed by atoms with Gasteiger partial charge in [0.2, 0.25) is 0 Å². The second-order valence-corrected chi connectivity index (χ2v) is 3.85. The minimum Gasteiger partial charge on any atom is -0.399 e. The summed E-state index contributed by atoms with van der Waals surface area (Å²) in [7, 11) is 0. The molecule has 4 heteroatoms. The lowest BCUT2D eigenvalue weighted by atomic mass is 10.1. The summed E-state index contributed by atoms with van der Waals surface area (Å²) in [5.74, 6) is -0.311. The molecule has 1 heterocycles. The van der Waals surface area contributed by atoms with Crippen LogP contribution < -0.4 is 11.1 Å². The molecule has 82 valence electrons. The van der Waals surface area contributed by atoms with Crippen LogP contribution in [0.3, 0.4) is 0 Å². The molecule has 1 aliphatic rings. The number of anilines is 2. The number of nitrogens with two attached hydrogens (primary N) is 1. The second-order valence-electron chi connectivity index (χ2n) is 3.85. The highest BCUT2D eigenvalue weighted by molar-refractivity contribution is 5.53. The molecule has 0 saturated carbocycles. The topological polar surface area (TPSA) is 47.3 Å². The molecule has 0 spiro atoms. The molecule has 1 aromatic rings. The summed E-state index contributed by atoms with van der Waals surface area (Å²) in [5.41, 5.74) is 6.40. The summed E-state index contributed by atoms with van der Waals surface area (Å²) in [4.78, 5) is 0. The molecule has 1 aliphatic heterocycles. The number of hydrogen-bond donors (Lipinski definition) is 2. The molecule has 1 aromatic carbocycles. The van der Waals surface area contributed by atoms with E-state index in [-0.39, 0.29) is 18.0 Å². The Bertz CT molecular complexity index is 356. The summed E-state index contributed by atoms with van der Waals surface area (Å²) in [6, 6.07) is 4.85. The van der Waals surface area contributed by atoms with Gasteiger partial charge in [-0.15, -0.1) is 0 Å². The number of ether oxygens (including phenoxy) is 1. The molecule has 1 saturated heterocycles. The van der Waals surface area contributed by atoms with Gasteiger partial charge < -0.3 is 15.8 Å². The van der Waals surface area contributed by atoms with Gasteiger partial charge in [-0.2, -0.15) is 0 Å². The Balaban J connectivity index is 2.10. The van der Waals surface area contributed by atoms with Gasteiger partial charge >= 0.3 is 0 Å². The lowest BCUT2D eigenvalue weighted by Crippen LogP contribution is -2.27. The fourth-order valence-electron chi connectivity index (χ4n) is 1.77. The van der Waals surface area contributed by atoms with Crippen molar-refractivity contribution in [2.75, 3.05) is 17.7 Å². The molecule has 0 radical (unpaired) electrons. The Labute approximate surface area is 88.4 Å². The molecular weight excluding hydrogens is 195 g/mol. The van der Waals surface area contributed by atoms with Crippen LogP contribution in [0.2, 0.25) is 0 Å². The highest BCUT2D eigenvalue weighted by Crippen LogP contribution is 2.22. The number of halogens is 1. The summed E-state index contributed by atoms with van der Waals surface area (Å²) in [6.07, 6.45) is 1.03. The van der Waals surface area contributed by atoms with Crippen molar-refractivity contribution >= 4 is 11.4 Å². The van der Waals surface area contributed by atoms with Crippen LogP contribution in [0.25, 0.3) is 0 Å². The minimum absolute atomic E-state index is 0.127. The first-order chi connectivity index (χ1) is 7.16. The number of benzene rings is 1. The van der Waals surface area contributed by atoms with Gasteiger partial charge in [0.25, 0.3) is 0 Å². The molecule has 0 aromatic heterocycles. The molecule has 1 fully saturated rings. The van der Waals surface area contributed by atoms with Crippen LogP contribution in [0.1, 0.15) is 13.3 Å². The molecule has 0 amide bonds. The molecular formula is C11H15FN2O. The van der Waals surface area contributed by atoms with E-state index in [1.165, 1.54) is 6.07 Å². The Morgan fingerprint density at radius 2 is 2.33 bits per heavy atom. The fraction of sp³-hybridized carbons (Fsp3) is 0.455. The van der Waals surface area contributed by atoms with Gasteiger partial charge in [0.15, 0.2) is 0 Å². The average Bonchev–Trinajstić information content (AvgIpc) is 2.57. The van der Waals surface area contributed by atoms with E-state index in [2.05, 4.69) is 5.32 Å². The van der Waals surface area contributed by atoms with Gasteiger partial charge in [-0.1, -0.05) is 0 Å². The average molecular weight is 210 g/mol. The van der Waals surface area contributed by atoms with Crippen molar-refractivity contribution in [3.8, 4) is 0 Å². The maximum Gasteiger partial charge on any atom is 0.148 e. The molecule has 0 bridgehead atoms. The van der Waals surface area contributed by atoms with E-state index in [1.54, 1.807) is 12.1 Å². The van der Waals surface area contributed by atoms with E-state index in [9.17, 15) is 4.39 Å². The first kappa shape index (κ1) is 10.2. The fourth-order valence-corrected chi connectivity index (χ4v) is 1.77. The number of rotatable bonds is 2. The molecule has 0 aliphatic carbocycles. The van der Waals surface area contributed by atoms with Crippen molar-refractivity contribution in [1.82, 2.24) is 0 Å². The van der Waals surface area contributed by atoms with E-state index in [0.717, 1.165) is 13.0 Å². The monoisotopic (exact) mass is 210 g/mol. The molecule has 15 heavy (non-hydrogen) atoms. The third-order valence-electron chi connectivity index (χ3n) is 2.71. The zero-order valence-electron chi connectivity index (χ0n) is 8.66. The largest absolute Gasteiger partial charge is 0.399 e. The van der Waals surface area contributed by atoms with Crippen LogP contribution in [0.5, 0.6) is 0 Å². The molecule has 2 rings (SSSR count). The first-order valence-corrected chi connectivity index (χ1v) is 5.10. The Morgan fingerprint density at radius 1 is 1.53 bits per heavy atom. The van der Waals surface area contributed by atoms with Gasteiger partial charge in [0.1, 0.15) is 5.82 Å². The van der Waals surface area contributed by atoms with Gasteiger partial charge in [-0.3, -0.25) is 0 Å². The normalized spacial score (nSPS) is 25.5. The van der Waals surface area contributed by atoms with E-state index in [4.69, 9.17) is 10.5 Å². The summed E-state index contributed by atoms with van der Waals surface area (Å²) in [6.45, 7) is 2.72. The molecule has 2 atom stereocenters. The number of nitrogen functional groups attached to an aromatic ring is 1. The maximum absolute atomic E-state index is 13.4. The van der Waals surface area contributed by atoms with Gasteiger partial charge in [-0.25, -0.2) is 4.39 Å². The van der Waals surface area contributed by atoms with Crippen molar-refractivity contribution in [3.63, 3.8) is 0 Å². The molecule has 3 N–H and O–H groups in total. The minimum atomic E-state index is -0.311. The SMILES string of the molecule is CC1OCCC1Nc1ccc(N)cc1F. The Hall–Kier alpha value is -1.29. The second kappa shape index (κ2) is 4.06. The van der Waals surface area contributed by atoms with Crippen LogP contribution in [0.4, 0.5) is 15.8 Å². The highest BCUT2D eigenvalue weighted by Gasteiger charge is 2.24. The van der Waals surface area contributed by atoms with Crippen LogP contribution in [-0.2, 0) is 4.74 Å². The third-order valence-corrected chi connectivity index (χ3v) is 2.71. The molecule has 3 nitrogen and oxygen atoms in total. The molecule has 2 unspecified atom stereocenters. The van der Waals surface area contributed by atoms with E-state index in [1.807, 2.05) is 6.92 Å². The lowest BCUT2D eigenvalue weighted by molar-refractivity contribution is 0.121. The predicted octanol–water partition coefficient (Wildman–Crippen LogP) is 2.00. The van der Waals surface area contributed by atoms with Gasteiger partial charge in [0, 0.05) is 12.3 Å². The lowest BCUT2D eigenvalue weighted by Gasteiger charge is -2.17. The number of nitrogens with one attached hydrogen (secondary N) is 1. The van der Waals surface area contributed by atoms with Crippen LogP contribution in [0.15, 0.2) is 18.2 Å². The predicted molar refractivity (Wildman–Crippen MR) is 58.3 cm³/mol. The van der Waals surface area contributed by atoms with Gasteiger partial charge in [-0.05, 0) is 31.5 Å². The Kier molecular flexibility index (Phi) is 2.77. The summed E-state index contributed by atoms with van der Waals surface area (Å²) >= 11 is 0. The standard InChI is InChI=1S/C11H15FN2O/c1-7-10(4-5-15-7)14-11-3-2-8(13)6-9(11)12/h2-3,6-7,10,14H,4-5,13H2,1H3. The Morgan fingerprint density at radius 3 is 2.93 bits per heavy atom. The van der Waals surface area contributed by atoms with E-state index in [0.29, 0.717) is 11.4 Å². The van der Waals surface area contributed by atoms with Crippen molar-refractivity contribution in [2.45, 2.75) is 25.5 Å². The van der Waals surface area contributed by atoms with Crippen molar-refractivity contribution in [3.05, 3.63) is 24.0 Å². The maximum atomic E-state index is 13.4. The van der Waals surface area contributed by atoms with Crippen molar-refractivity contribution in [1.29, 1.82) is 0 Å². The zero-order valence-corrected chi connectivity index (χ0v) is 8.66. The van der Waals surface area contributed by atoms with Crippen LogP contribution >= 0.6 is 0 Å².